The summed E-state index contributed by atoms with van der Waals surface area (Å²) in [6.45, 7) is 6.31. The molecule has 2 heterocycles. The van der Waals surface area contributed by atoms with Crippen molar-refractivity contribution in [3.63, 3.8) is 0 Å². The first kappa shape index (κ1) is 19.8. The molecule has 0 aliphatic carbocycles. The Bertz CT molecular complexity index is 684. The first-order valence-electron chi connectivity index (χ1n) is 9.37. The van der Waals surface area contributed by atoms with Crippen LogP contribution in [0.1, 0.15) is 25.3 Å². The molecule has 1 aromatic rings. The van der Waals surface area contributed by atoms with Gasteiger partial charge in [-0.15, -0.1) is 0 Å². The second kappa shape index (κ2) is 8.35. The molecule has 26 heavy (non-hydrogen) atoms. The third kappa shape index (κ3) is 5.04. The van der Waals surface area contributed by atoms with Gasteiger partial charge >= 0.3 is 0 Å². The molecule has 2 aliphatic heterocycles. The Labute approximate surface area is 156 Å². The van der Waals surface area contributed by atoms with Gasteiger partial charge in [-0.25, -0.2) is 8.42 Å². The Morgan fingerprint density at radius 3 is 2.50 bits per heavy atom. The number of rotatable bonds is 6. The van der Waals surface area contributed by atoms with E-state index < -0.39 is 15.9 Å². The Balaban J connectivity index is 1.47. The average molecular weight is 383 g/mol. The van der Waals surface area contributed by atoms with Gasteiger partial charge in [0, 0.05) is 19.3 Å². The van der Waals surface area contributed by atoms with E-state index in [-0.39, 0.29) is 12.1 Å². The van der Waals surface area contributed by atoms with E-state index in [9.17, 15) is 13.5 Å². The largest absolute Gasteiger partial charge is 0.389 e. The number of aliphatic hydroxyl groups is 1. The van der Waals surface area contributed by atoms with E-state index in [4.69, 9.17) is 4.74 Å². The molecule has 146 valence electrons. The summed E-state index contributed by atoms with van der Waals surface area (Å²) in [5, 5.41) is 13.9. The highest BCUT2D eigenvalue weighted by Crippen LogP contribution is 2.21. The predicted octanol–water partition coefficient (Wildman–Crippen LogP) is 1.04. The molecule has 2 fully saturated rings. The molecule has 0 aromatic heterocycles. The van der Waals surface area contributed by atoms with Gasteiger partial charge in [0.1, 0.15) is 0 Å². The molecule has 2 aliphatic rings. The maximum atomic E-state index is 11.5. The molecule has 3 atom stereocenters. The van der Waals surface area contributed by atoms with Crippen molar-refractivity contribution in [2.75, 3.05) is 32.5 Å². The zero-order valence-corrected chi connectivity index (χ0v) is 16.4. The predicted molar refractivity (Wildman–Crippen MR) is 101 cm³/mol. The number of nitrogens with zero attached hydrogens (tertiary/aromatic N) is 1. The maximum Gasteiger partial charge on any atom is 0.175 e. The van der Waals surface area contributed by atoms with Crippen LogP contribution in [-0.2, 0) is 21.1 Å². The van der Waals surface area contributed by atoms with Crippen LogP contribution in [0.25, 0.3) is 0 Å². The van der Waals surface area contributed by atoms with Gasteiger partial charge in [-0.1, -0.05) is 19.1 Å². The average Bonchev–Trinajstić information content (AvgIpc) is 2.95. The van der Waals surface area contributed by atoms with Crippen molar-refractivity contribution in [3.8, 4) is 0 Å². The fourth-order valence-corrected chi connectivity index (χ4v) is 4.26. The minimum atomic E-state index is -3.17. The summed E-state index contributed by atoms with van der Waals surface area (Å²) in [6.07, 6.45) is 2.97. The Morgan fingerprint density at radius 2 is 1.88 bits per heavy atom. The first-order valence-corrected chi connectivity index (χ1v) is 11.3. The molecule has 0 unspecified atom stereocenters. The second-order valence-electron chi connectivity index (χ2n) is 7.75. The Morgan fingerprint density at radius 1 is 1.23 bits per heavy atom. The number of nitrogens with one attached hydrogen (secondary N) is 1. The van der Waals surface area contributed by atoms with Crippen molar-refractivity contribution in [3.05, 3.63) is 29.8 Å². The van der Waals surface area contributed by atoms with Gasteiger partial charge in [0.05, 0.1) is 29.8 Å². The summed E-state index contributed by atoms with van der Waals surface area (Å²) in [6, 6.07) is 6.75. The van der Waals surface area contributed by atoms with Gasteiger partial charge in [-0.2, -0.15) is 0 Å². The normalized spacial score (nSPS) is 28.5. The van der Waals surface area contributed by atoms with Crippen LogP contribution >= 0.6 is 0 Å². The quantitative estimate of drug-likeness (QED) is 0.765. The van der Waals surface area contributed by atoms with Crippen LogP contribution in [0.5, 0.6) is 0 Å². The van der Waals surface area contributed by atoms with E-state index in [1.165, 1.54) is 19.1 Å². The summed E-state index contributed by atoms with van der Waals surface area (Å²) < 4.78 is 28.8. The molecule has 0 radical (unpaired) electrons. The lowest BCUT2D eigenvalue weighted by Crippen LogP contribution is -2.46. The van der Waals surface area contributed by atoms with E-state index in [1.807, 2.05) is 0 Å². The van der Waals surface area contributed by atoms with Gasteiger partial charge in [-0.3, -0.25) is 0 Å². The fraction of sp³-hybridized carbons (Fsp3) is 0.684. The summed E-state index contributed by atoms with van der Waals surface area (Å²) in [7, 11) is -3.17. The minimum absolute atomic E-state index is 0.0988. The van der Waals surface area contributed by atoms with Crippen LogP contribution in [-0.4, -0.2) is 69.2 Å². The summed E-state index contributed by atoms with van der Waals surface area (Å²) >= 11 is 0. The van der Waals surface area contributed by atoms with E-state index in [0.29, 0.717) is 18.0 Å². The van der Waals surface area contributed by atoms with Gasteiger partial charge in [-0.05, 0) is 49.5 Å². The molecule has 2 N–H and O–H groups in total. The molecule has 0 spiro atoms. The van der Waals surface area contributed by atoms with Crippen LogP contribution in [0.2, 0.25) is 0 Å². The lowest BCUT2D eigenvalue weighted by molar-refractivity contribution is 0.00859. The van der Waals surface area contributed by atoms with Gasteiger partial charge < -0.3 is 20.1 Å². The standard InChI is InChI=1S/C19H30N2O4S/c1-14-7-9-21(10-8-14)12-18-19(22)17(13-25-18)20-11-15-3-5-16(6-4-15)26(2,23)24/h3-6,14,17-20,22H,7-13H2,1-2H3/t17-,18-,19+/m0/s1. The van der Waals surface area contributed by atoms with E-state index in [1.54, 1.807) is 24.3 Å². The molecule has 3 rings (SSSR count). The highest BCUT2D eigenvalue weighted by atomic mass is 32.2. The fourth-order valence-electron chi connectivity index (χ4n) is 3.63. The first-order chi connectivity index (χ1) is 12.3. The maximum absolute atomic E-state index is 11.5. The third-order valence-electron chi connectivity index (χ3n) is 5.52. The molecule has 1 aromatic carbocycles. The SMILES string of the molecule is CC1CCN(C[C@@H]2OC[C@H](NCc3ccc(S(C)(=O)=O)cc3)[C@H]2O)CC1. The number of aliphatic hydroxyl groups excluding tert-OH is 1. The van der Waals surface area contributed by atoms with E-state index in [2.05, 4.69) is 17.1 Å². The van der Waals surface area contributed by atoms with Crippen LogP contribution < -0.4 is 5.32 Å². The lowest BCUT2D eigenvalue weighted by Gasteiger charge is -2.32. The second-order valence-corrected chi connectivity index (χ2v) is 9.76. The zero-order valence-electron chi connectivity index (χ0n) is 15.6. The number of hydrogen-bond donors (Lipinski definition) is 2. The molecule has 7 heteroatoms. The molecule has 2 saturated heterocycles. The van der Waals surface area contributed by atoms with Crippen LogP contribution in [0.15, 0.2) is 29.2 Å². The summed E-state index contributed by atoms with van der Waals surface area (Å²) in [5.41, 5.74) is 0.984. The Hall–Kier alpha value is -0.990. The van der Waals surface area contributed by atoms with Crippen molar-refractivity contribution in [2.45, 2.75) is 49.5 Å². The van der Waals surface area contributed by atoms with Crippen LogP contribution in [0.3, 0.4) is 0 Å². The van der Waals surface area contributed by atoms with Crippen molar-refractivity contribution in [2.24, 2.45) is 5.92 Å². The van der Waals surface area contributed by atoms with Gasteiger partial charge in [0.15, 0.2) is 9.84 Å². The van der Waals surface area contributed by atoms with Gasteiger partial charge in [0.2, 0.25) is 0 Å². The topological polar surface area (TPSA) is 78.9 Å². The third-order valence-corrected chi connectivity index (χ3v) is 6.65. The lowest BCUT2D eigenvalue weighted by atomic mass is 9.98. The summed E-state index contributed by atoms with van der Waals surface area (Å²) in [4.78, 5) is 2.71. The summed E-state index contributed by atoms with van der Waals surface area (Å²) in [5.74, 6) is 0.796. The molecule has 6 nitrogen and oxygen atoms in total. The van der Waals surface area contributed by atoms with Crippen molar-refractivity contribution in [1.29, 1.82) is 0 Å². The highest BCUT2D eigenvalue weighted by Gasteiger charge is 2.36. The number of likely N-dealkylation sites (tertiary alicyclic amines) is 1. The van der Waals surface area contributed by atoms with E-state index in [0.717, 1.165) is 31.1 Å². The highest BCUT2D eigenvalue weighted by molar-refractivity contribution is 7.90. The number of sulfone groups is 1. The van der Waals surface area contributed by atoms with Crippen LogP contribution in [0.4, 0.5) is 0 Å². The van der Waals surface area contributed by atoms with Crippen molar-refractivity contribution < 1.29 is 18.3 Å². The van der Waals surface area contributed by atoms with Crippen molar-refractivity contribution in [1.82, 2.24) is 10.2 Å². The van der Waals surface area contributed by atoms with Crippen molar-refractivity contribution >= 4 is 9.84 Å². The number of benzene rings is 1. The number of piperidine rings is 1. The molecular weight excluding hydrogens is 352 g/mol. The number of hydrogen-bond acceptors (Lipinski definition) is 6. The monoisotopic (exact) mass is 382 g/mol. The molecule has 0 saturated carbocycles. The van der Waals surface area contributed by atoms with E-state index >= 15 is 0 Å². The Kier molecular flexibility index (Phi) is 6.35. The zero-order chi connectivity index (χ0) is 18.7. The van der Waals surface area contributed by atoms with Gasteiger partial charge in [0.25, 0.3) is 0 Å². The van der Waals surface area contributed by atoms with Crippen LogP contribution in [0, 0.1) is 5.92 Å². The molecule has 0 amide bonds. The number of ether oxygens (including phenoxy) is 1. The molecular formula is C19H30N2O4S. The molecule has 0 bridgehead atoms. The minimum Gasteiger partial charge on any atom is -0.389 e. The smallest absolute Gasteiger partial charge is 0.175 e.